The van der Waals surface area contributed by atoms with E-state index in [1.807, 2.05) is 36.9 Å². The van der Waals surface area contributed by atoms with Crippen molar-refractivity contribution in [2.75, 3.05) is 20.2 Å². The number of aryl methyl sites for hydroxylation is 3. The third kappa shape index (κ3) is 4.75. The Kier molecular flexibility index (Phi) is 6.23. The molecule has 0 aliphatic rings. The molecule has 2 rings (SSSR count). The molecule has 2 aromatic rings. The Balaban J connectivity index is 1.76. The number of aromatic nitrogens is 2. The number of nitrogens with zero attached hydrogens (tertiary/aromatic N) is 3. The molecule has 1 heterocycles. The van der Waals surface area contributed by atoms with Crippen molar-refractivity contribution in [2.45, 2.75) is 27.3 Å². The van der Waals surface area contributed by atoms with E-state index in [0.717, 1.165) is 17.4 Å². The SMILES string of the molecule is CN=C(NCCOc1cccc(C)c1)NCc1c(C)nn(C)c1C. The molecule has 0 unspecified atom stereocenters. The Hall–Kier alpha value is -2.50. The molecule has 6 heteroatoms. The van der Waals surface area contributed by atoms with Crippen molar-refractivity contribution in [3.8, 4) is 5.75 Å². The highest BCUT2D eigenvalue weighted by Crippen LogP contribution is 2.12. The molecule has 130 valence electrons. The third-order valence-electron chi connectivity index (χ3n) is 3.97. The van der Waals surface area contributed by atoms with Crippen LogP contribution < -0.4 is 15.4 Å². The van der Waals surface area contributed by atoms with Crippen molar-refractivity contribution >= 4 is 5.96 Å². The van der Waals surface area contributed by atoms with E-state index in [9.17, 15) is 0 Å². The number of ether oxygens (including phenoxy) is 1. The molecular weight excluding hydrogens is 302 g/mol. The van der Waals surface area contributed by atoms with Crippen LogP contribution in [0.4, 0.5) is 0 Å². The molecule has 0 spiro atoms. The molecule has 2 N–H and O–H groups in total. The maximum absolute atomic E-state index is 5.73. The maximum Gasteiger partial charge on any atom is 0.191 e. The van der Waals surface area contributed by atoms with Crippen LogP contribution in [-0.4, -0.2) is 35.9 Å². The van der Waals surface area contributed by atoms with Crippen LogP contribution in [0.5, 0.6) is 5.75 Å². The Morgan fingerprint density at radius 3 is 2.67 bits per heavy atom. The molecule has 0 atom stereocenters. The fourth-order valence-electron chi connectivity index (χ4n) is 2.51. The van der Waals surface area contributed by atoms with Gasteiger partial charge in [0.05, 0.1) is 12.2 Å². The molecule has 0 saturated carbocycles. The van der Waals surface area contributed by atoms with Gasteiger partial charge in [0, 0.05) is 31.9 Å². The Morgan fingerprint density at radius 1 is 1.25 bits per heavy atom. The number of hydrogen-bond donors (Lipinski definition) is 2. The fraction of sp³-hybridized carbons (Fsp3) is 0.444. The summed E-state index contributed by atoms with van der Waals surface area (Å²) in [7, 11) is 3.72. The molecule has 0 amide bonds. The van der Waals surface area contributed by atoms with Gasteiger partial charge in [0.25, 0.3) is 0 Å². The normalized spacial score (nSPS) is 11.5. The maximum atomic E-state index is 5.73. The van der Waals surface area contributed by atoms with E-state index in [0.29, 0.717) is 19.7 Å². The van der Waals surface area contributed by atoms with Gasteiger partial charge in [-0.15, -0.1) is 0 Å². The number of hydrogen-bond acceptors (Lipinski definition) is 3. The molecule has 0 aliphatic heterocycles. The number of aliphatic imine (C=N–C) groups is 1. The highest BCUT2D eigenvalue weighted by Gasteiger charge is 2.09. The molecular formula is C18H27N5O. The van der Waals surface area contributed by atoms with E-state index < -0.39 is 0 Å². The first-order valence-electron chi connectivity index (χ1n) is 8.14. The zero-order chi connectivity index (χ0) is 17.5. The smallest absolute Gasteiger partial charge is 0.191 e. The van der Waals surface area contributed by atoms with Crippen molar-refractivity contribution < 1.29 is 4.74 Å². The van der Waals surface area contributed by atoms with Gasteiger partial charge in [0.1, 0.15) is 12.4 Å². The van der Waals surface area contributed by atoms with E-state index in [4.69, 9.17) is 4.74 Å². The summed E-state index contributed by atoms with van der Waals surface area (Å²) in [4.78, 5) is 4.24. The first-order chi connectivity index (χ1) is 11.5. The largest absolute Gasteiger partial charge is 0.492 e. The molecule has 24 heavy (non-hydrogen) atoms. The van der Waals surface area contributed by atoms with Crippen LogP contribution in [0.15, 0.2) is 29.3 Å². The third-order valence-corrected chi connectivity index (χ3v) is 3.97. The fourth-order valence-corrected chi connectivity index (χ4v) is 2.51. The number of rotatable bonds is 6. The van der Waals surface area contributed by atoms with Gasteiger partial charge < -0.3 is 15.4 Å². The molecule has 1 aromatic carbocycles. The average molecular weight is 329 g/mol. The quantitative estimate of drug-likeness (QED) is 0.484. The topological polar surface area (TPSA) is 63.5 Å². The second-order valence-electron chi connectivity index (χ2n) is 5.79. The van der Waals surface area contributed by atoms with E-state index in [1.54, 1.807) is 7.05 Å². The van der Waals surface area contributed by atoms with Crippen molar-refractivity contribution in [1.82, 2.24) is 20.4 Å². The van der Waals surface area contributed by atoms with E-state index >= 15 is 0 Å². The summed E-state index contributed by atoms with van der Waals surface area (Å²) in [6.07, 6.45) is 0. The summed E-state index contributed by atoms with van der Waals surface area (Å²) in [5.41, 5.74) is 4.61. The lowest BCUT2D eigenvalue weighted by Gasteiger charge is -2.13. The predicted molar refractivity (Wildman–Crippen MR) is 97.6 cm³/mol. The van der Waals surface area contributed by atoms with Gasteiger partial charge in [-0.05, 0) is 38.5 Å². The minimum absolute atomic E-state index is 0.578. The summed E-state index contributed by atoms with van der Waals surface area (Å²) in [6.45, 7) is 8.11. The molecule has 0 fully saturated rings. The average Bonchev–Trinajstić information content (AvgIpc) is 2.80. The van der Waals surface area contributed by atoms with Crippen molar-refractivity contribution in [3.05, 3.63) is 46.8 Å². The second-order valence-corrected chi connectivity index (χ2v) is 5.79. The Morgan fingerprint density at radius 2 is 2.04 bits per heavy atom. The van der Waals surface area contributed by atoms with Gasteiger partial charge in [-0.3, -0.25) is 9.67 Å². The molecule has 6 nitrogen and oxygen atoms in total. The van der Waals surface area contributed by atoms with Crippen LogP contribution in [0.1, 0.15) is 22.5 Å². The van der Waals surface area contributed by atoms with E-state index in [1.165, 1.54) is 16.8 Å². The first kappa shape index (κ1) is 17.8. The van der Waals surface area contributed by atoms with Crippen LogP contribution in [0.3, 0.4) is 0 Å². The van der Waals surface area contributed by atoms with Gasteiger partial charge in [0.2, 0.25) is 0 Å². The molecule has 0 saturated heterocycles. The van der Waals surface area contributed by atoms with Crippen molar-refractivity contribution in [3.63, 3.8) is 0 Å². The number of nitrogens with one attached hydrogen (secondary N) is 2. The molecule has 0 aliphatic carbocycles. The van der Waals surface area contributed by atoms with Gasteiger partial charge in [-0.2, -0.15) is 5.10 Å². The van der Waals surface area contributed by atoms with E-state index in [-0.39, 0.29) is 0 Å². The lowest BCUT2D eigenvalue weighted by molar-refractivity contribution is 0.321. The minimum atomic E-state index is 0.578. The summed E-state index contributed by atoms with van der Waals surface area (Å²) in [5.74, 6) is 1.65. The van der Waals surface area contributed by atoms with Crippen LogP contribution >= 0.6 is 0 Å². The molecule has 1 aromatic heterocycles. The Bertz CT molecular complexity index is 705. The molecule has 0 radical (unpaired) electrons. The van der Waals surface area contributed by atoms with Gasteiger partial charge in [0.15, 0.2) is 5.96 Å². The van der Waals surface area contributed by atoms with Crippen LogP contribution in [0.2, 0.25) is 0 Å². The monoisotopic (exact) mass is 329 g/mol. The van der Waals surface area contributed by atoms with Gasteiger partial charge in [-0.25, -0.2) is 0 Å². The standard InChI is InChI=1S/C18H27N5O/c1-13-7-6-8-16(11-13)24-10-9-20-18(19-4)21-12-17-14(2)22-23(5)15(17)3/h6-8,11H,9-10,12H2,1-5H3,(H2,19,20,21). The first-order valence-corrected chi connectivity index (χ1v) is 8.14. The van der Waals surface area contributed by atoms with Crippen LogP contribution in [0.25, 0.3) is 0 Å². The summed E-state index contributed by atoms with van der Waals surface area (Å²) in [6, 6.07) is 8.05. The summed E-state index contributed by atoms with van der Waals surface area (Å²) < 4.78 is 7.63. The highest BCUT2D eigenvalue weighted by molar-refractivity contribution is 5.79. The van der Waals surface area contributed by atoms with Gasteiger partial charge in [-0.1, -0.05) is 12.1 Å². The second kappa shape index (κ2) is 8.38. The van der Waals surface area contributed by atoms with Crippen molar-refractivity contribution in [2.24, 2.45) is 12.0 Å². The molecule has 0 bridgehead atoms. The zero-order valence-electron chi connectivity index (χ0n) is 15.2. The number of guanidine groups is 1. The number of benzene rings is 1. The lowest BCUT2D eigenvalue weighted by atomic mass is 10.2. The van der Waals surface area contributed by atoms with Crippen molar-refractivity contribution in [1.29, 1.82) is 0 Å². The lowest BCUT2D eigenvalue weighted by Crippen LogP contribution is -2.39. The van der Waals surface area contributed by atoms with Gasteiger partial charge >= 0.3 is 0 Å². The summed E-state index contributed by atoms with van der Waals surface area (Å²) >= 11 is 0. The Labute approximate surface area is 143 Å². The van der Waals surface area contributed by atoms with Crippen LogP contribution in [-0.2, 0) is 13.6 Å². The van der Waals surface area contributed by atoms with Crippen LogP contribution in [0, 0.1) is 20.8 Å². The highest BCUT2D eigenvalue weighted by atomic mass is 16.5. The predicted octanol–water partition coefficient (Wildman–Crippen LogP) is 2.09. The zero-order valence-corrected chi connectivity index (χ0v) is 15.2. The van der Waals surface area contributed by atoms with E-state index in [2.05, 4.69) is 40.6 Å². The minimum Gasteiger partial charge on any atom is -0.492 e. The summed E-state index contributed by atoms with van der Waals surface area (Å²) in [5, 5.41) is 11.0.